The number of aromatic nitrogens is 8. The van der Waals surface area contributed by atoms with E-state index in [1.807, 2.05) is 97.1 Å². The van der Waals surface area contributed by atoms with Crippen LogP contribution < -0.4 is 0 Å². The minimum absolute atomic E-state index is 0.939. The quantitative estimate of drug-likeness (QED) is 0.113. The van der Waals surface area contributed by atoms with Gasteiger partial charge in [0.25, 0.3) is 0 Å². The topological polar surface area (TPSA) is 132 Å². The molecular weight excluding hydrogens is 803 g/mol. The van der Waals surface area contributed by atoms with Gasteiger partial charge in [0, 0.05) is 44.1 Å². The number of fused-ring (bicyclic) bond motifs is 16. The van der Waals surface area contributed by atoms with E-state index in [4.69, 9.17) is 34.5 Å². The molecule has 6 aromatic rings. The Kier molecular flexibility index (Phi) is 11.7. The first-order valence-electron chi connectivity index (χ1n) is 16.3. The zero-order valence-corrected chi connectivity index (χ0v) is 32.1. The molecule has 9 nitrogen and oxygen atoms in total. The van der Waals surface area contributed by atoms with Crippen molar-refractivity contribution in [2.45, 2.75) is 0 Å². The first-order valence-corrected chi connectivity index (χ1v) is 21.2. The van der Waals surface area contributed by atoms with Crippen molar-refractivity contribution in [2.24, 2.45) is 0 Å². The van der Waals surface area contributed by atoms with E-state index >= 15 is 0 Å². The zero-order chi connectivity index (χ0) is 37.4. The molecule has 4 N–H and O–H groups in total. The summed E-state index contributed by atoms with van der Waals surface area (Å²) >= 11 is 1.50. The second kappa shape index (κ2) is 17.2. The summed E-state index contributed by atoms with van der Waals surface area (Å²) in [6.45, 7) is 0. The van der Waals surface area contributed by atoms with Gasteiger partial charge in [-0.1, -0.05) is 0 Å². The van der Waals surface area contributed by atoms with Gasteiger partial charge in [-0.2, -0.15) is 4.21 Å². The van der Waals surface area contributed by atoms with Crippen LogP contribution in [-0.2, 0) is 23.7 Å². The van der Waals surface area contributed by atoms with Gasteiger partial charge < -0.3 is 19.9 Å². The van der Waals surface area contributed by atoms with Crippen LogP contribution in [0.5, 0.6) is 0 Å². The summed E-state index contributed by atoms with van der Waals surface area (Å²) in [6.07, 6.45) is 16.2. The van der Waals surface area contributed by atoms with Crippen LogP contribution in [0.4, 0.5) is 0 Å². The Bertz CT molecular complexity index is 2260. The van der Waals surface area contributed by atoms with Crippen LogP contribution in [-0.4, -0.2) is 44.1 Å². The fraction of sp³-hybridized carbons (Fsp3) is 0. The number of H-pyrrole nitrogens is 4. The van der Waals surface area contributed by atoms with Crippen LogP contribution >= 0.6 is 30.3 Å². The normalized spacial score (nSPS) is 12.2. The molecule has 269 valence electrons. The second-order valence-corrected chi connectivity index (χ2v) is 17.4. The van der Waals surface area contributed by atoms with E-state index in [1.54, 1.807) is 0 Å². The molecule has 10 rings (SSSR count). The molecule has 14 heteroatoms. The SMILES string of the molecule is C1=Cc2cc3ccc(cc4nc(cc5ccc(cc1n2)[nH]5)C=C4)[nH]3.C1=Cc2cc3ccc(cc4nc(cc5ccc(cc1n2)[nH]5)C=C4)[nH]3.O=S.[Cl][Fe]([Cl])[Cl]. The Hall–Kier alpha value is -5.39. The van der Waals surface area contributed by atoms with Crippen molar-refractivity contribution in [3.8, 4) is 0 Å². The molecule has 10 heterocycles. The van der Waals surface area contributed by atoms with Crippen molar-refractivity contribution < 1.29 is 15.4 Å². The number of nitrogens with one attached hydrogen (secondary N) is 4. The van der Waals surface area contributed by atoms with Crippen LogP contribution in [0, 0.1) is 0 Å². The number of halogens is 3. The monoisotopic (exact) mass is 829 g/mol. The summed E-state index contributed by atoms with van der Waals surface area (Å²) in [5.41, 5.74) is 15.7. The zero-order valence-electron chi connectivity index (χ0n) is 27.9. The van der Waals surface area contributed by atoms with Crippen molar-refractivity contribution in [3.63, 3.8) is 0 Å². The number of nitrogens with zero attached hydrogens (tertiary/aromatic N) is 4. The molecule has 0 amide bonds. The minimum atomic E-state index is -1.33. The molecule has 0 saturated carbocycles. The molecule has 6 aromatic heterocycles. The molecule has 0 saturated heterocycles. The average Bonchev–Trinajstić information content (AvgIpc) is 3.98. The molecule has 4 aliphatic heterocycles. The summed E-state index contributed by atoms with van der Waals surface area (Å²) in [7, 11) is 14.7. The van der Waals surface area contributed by atoms with E-state index in [1.165, 1.54) is 0 Å². The Morgan fingerprint density at radius 3 is 0.593 bits per heavy atom. The molecular formula is C40H28Cl3FeN8OS. The van der Waals surface area contributed by atoms with Gasteiger partial charge in [-0.15, -0.1) is 0 Å². The van der Waals surface area contributed by atoms with Gasteiger partial charge in [0.2, 0.25) is 0 Å². The Labute approximate surface area is 331 Å². The summed E-state index contributed by atoms with van der Waals surface area (Å²) < 4.78 is 7.83. The Balaban J connectivity index is 0.000000146. The standard InChI is InChI=1S/2C20H14N4.3ClH.Fe.OS/c2*1-2-14-10-16-5-6-18(23-16)12-20-8-7-19(24-20)11-17-4-3-15(22-17)9-13(1)21-14;;;;;1-2/h2*1-12,21,24H;3*1H;;/q;;;;;+3;/p-3. The molecule has 0 atom stereocenters. The number of rotatable bonds is 0. The summed E-state index contributed by atoms with van der Waals surface area (Å²) in [5.74, 6) is 0. The van der Waals surface area contributed by atoms with Crippen molar-refractivity contribution in [1.29, 1.82) is 0 Å². The van der Waals surface area contributed by atoms with Gasteiger partial charge in [-0.25, -0.2) is 19.9 Å². The summed E-state index contributed by atoms with van der Waals surface area (Å²) in [6, 6.07) is 32.7. The van der Waals surface area contributed by atoms with E-state index in [-0.39, 0.29) is 0 Å². The number of aromatic amines is 4. The third-order valence-corrected chi connectivity index (χ3v) is 8.08. The third kappa shape index (κ3) is 9.97. The molecule has 0 aromatic carbocycles. The predicted octanol–water partition coefficient (Wildman–Crippen LogP) is 11.0. The van der Waals surface area contributed by atoms with Crippen LogP contribution in [0.25, 0.3) is 92.7 Å². The van der Waals surface area contributed by atoms with E-state index in [2.05, 4.69) is 101 Å². The fourth-order valence-electron chi connectivity index (χ4n) is 5.89. The maximum atomic E-state index is 7.83. The first kappa shape index (κ1) is 36.9. The number of hydrogen-bond acceptors (Lipinski definition) is 6. The van der Waals surface area contributed by atoms with Gasteiger partial charge in [0.05, 0.1) is 45.6 Å². The first-order chi connectivity index (χ1) is 26.3. The molecule has 0 aliphatic carbocycles. The predicted molar refractivity (Wildman–Crippen MR) is 223 cm³/mol. The Morgan fingerprint density at radius 2 is 0.463 bits per heavy atom. The molecule has 0 radical (unpaired) electrons. The molecule has 54 heavy (non-hydrogen) atoms. The maximum absolute atomic E-state index is 7.83. The average molecular weight is 831 g/mol. The van der Waals surface area contributed by atoms with E-state index in [9.17, 15) is 0 Å². The van der Waals surface area contributed by atoms with E-state index in [0.717, 1.165) is 89.7 Å². The Morgan fingerprint density at radius 1 is 0.333 bits per heavy atom. The number of hydrogen-bond donors (Lipinski definition) is 4. The van der Waals surface area contributed by atoms with Crippen molar-refractivity contribution in [2.75, 3.05) is 0 Å². The second-order valence-electron chi connectivity index (χ2n) is 12.0. The van der Waals surface area contributed by atoms with Crippen LogP contribution in [0.15, 0.2) is 97.1 Å². The molecule has 0 unspecified atom stereocenters. The van der Waals surface area contributed by atoms with Gasteiger partial charge in [0.1, 0.15) is 0 Å². The van der Waals surface area contributed by atoms with Crippen molar-refractivity contribution >= 4 is 136 Å². The third-order valence-electron chi connectivity index (χ3n) is 8.08. The fourth-order valence-corrected chi connectivity index (χ4v) is 5.89. The molecule has 16 bridgehead atoms. The van der Waals surface area contributed by atoms with Crippen LogP contribution in [0.2, 0.25) is 0 Å². The molecule has 0 spiro atoms. The van der Waals surface area contributed by atoms with Gasteiger partial charge in [-0.3, -0.25) is 0 Å². The van der Waals surface area contributed by atoms with E-state index < -0.39 is 11.2 Å². The van der Waals surface area contributed by atoms with Crippen LogP contribution in [0.3, 0.4) is 0 Å². The van der Waals surface area contributed by atoms with E-state index in [0.29, 0.717) is 0 Å². The molecule has 0 fully saturated rings. The van der Waals surface area contributed by atoms with Gasteiger partial charge >= 0.3 is 41.5 Å². The van der Waals surface area contributed by atoms with Gasteiger partial charge in [-0.05, 0) is 146 Å². The van der Waals surface area contributed by atoms with Crippen molar-refractivity contribution in [1.82, 2.24) is 39.9 Å². The van der Waals surface area contributed by atoms with Crippen molar-refractivity contribution in [3.05, 3.63) is 143 Å². The van der Waals surface area contributed by atoms with Gasteiger partial charge in [0.15, 0.2) is 12.5 Å². The molecule has 4 aliphatic rings. The summed E-state index contributed by atoms with van der Waals surface area (Å²) in [5, 5.41) is 0. The van der Waals surface area contributed by atoms with Crippen LogP contribution in [0.1, 0.15) is 45.6 Å². The summed E-state index contributed by atoms with van der Waals surface area (Å²) in [4.78, 5) is 32.0.